The molecule has 21 heavy (non-hydrogen) atoms. The Kier molecular flexibility index (Phi) is 4.98. The van der Waals surface area contributed by atoms with Crippen molar-refractivity contribution in [1.82, 2.24) is 4.98 Å². The van der Waals surface area contributed by atoms with E-state index in [1.54, 1.807) is 6.92 Å². The molecule has 1 amide bonds. The topological polar surface area (TPSA) is 71.5 Å². The van der Waals surface area contributed by atoms with Gasteiger partial charge in [0.05, 0.1) is 0 Å². The number of aryl methyl sites for hydroxylation is 2. The van der Waals surface area contributed by atoms with Gasteiger partial charge in [0, 0.05) is 17.0 Å². The van der Waals surface area contributed by atoms with Crippen molar-refractivity contribution >= 4 is 23.2 Å². The number of carbonyl (C=O) groups is 2. The van der Waals surface area contributed by atoms with Gasteiger partial charge in [0.2, 0.25) is 0 Å². The molecule has 1 N–H and O–H groups in total. The van der Waals surface area contributed by atoms with Crippen molar-refractivity contribution < 1.29 is 14.3 Å². The van der Waals surface area contributed by atoms with Gasteiger partial charge in [-0.05, 0) is 39.5 Å². The fourth-order valence-electron chi connectivity index (χ4n) is 2.51. The van der Waals surface area contributed by atoms with Crippen LogP contribution in [0.4, 0.5) is 0 Å². The van der Waals surface area contributed by atoms with Crippen molar-refractivity contribution in [2.45, 2.75) is 64.9 Å². The van der Waals surface area contributed by atoms with Gasteiger partial charge in [-0.25, -0.2) is 0 Å². The van der Waals surface area contributed by atoms with Crippen LogP contribution in [0, 0.1) is 13.8 Å². The van der Waals surface area contributed by atoms with Gasteiger partial charge in [0.25, 0.3) is 5.91 Å². The standard InChI is InChI=1S/C15H22N2O3S/c1-4-12(18)20-15(8-6-5-7-9-15)13(19)17-14-16-10(2)11(3)21-14/h4-9H2,1-3H3,(H,16,17,19). The molecule has 0 radical (unpaired) electrons. The van der Waals surface area contributed by atoms with Crippen LogP contribution >= 0.6 is 11.3 Å². The second-order valence-electron chi connectivity index (χ2n) is 5.51. The average Bonchev–Trinajstić information content (AvgIpc) is 2.78. The van der Waals surface area contributed by atoms with Crippen LogP contribution in [0.25, 0.3) is 0 Å². The highest BCUT2D eigenvalue weighted by Gasteiger charge is 2.43. The third kappa shape index (κ3) is 3.61. The number of rotatable bonds is 3. The first-order valence-corrected chi connectivity index (χ1v) is 8.26. The number of nitrogens with one attached hydrogen (secondary N) is 1. The lowest BCUT2D eigenvalue weighted by molar-refractivity contribution is -0.170. The lowest BCUT2D eigenvalue weighted by Crippen LogP contribution is -2.44. The van der Waals surface area contributed by atoms with Crippen LogP contribution in [-0.2, 0) is 14.3 Å². The van der Waals surface area contributed by atoms with Crippen LogP contribution in [0.15, 0.2) is 4.99 Å². The summed E-state index contributed by atoms with van der Waals surface area (Å²) < 4.78 is 5.51. The number of aromatic amines is 1. The lowest BCUT2D eigenvalue weighted by Gasteiger charge is -2.33. The van der Waals surface area contributed by atoms with E-state index in [2.05, 4.69) is 9.98 Å². The SMILES string of the molecule is CCC(=O)OC1(C(=O)/N=c2/[nH]c(C)c(C)s2)CCCCC1. The molecule has 116 valence electrons. The van der Waals surface area contributed by atoms with Gasteiger partial charge < -0.3 is 9.72 Å². The van der Waals surface area contributed by atoms with Gasteiger partial charge >= 0.3 is 5.97 Å². The Morgan fingerprint density at radius 2 is 1.95 bits per heavy atom. The Bertz CT molecular complexity index is 572. The number of hydrogen-bond donors (Lipinski definition) is 1. The fraction of sp³-hybridized carbons (Fsp3) is 0.667. The molecule has 2 rings (SSSR count). The first-order chi connectivity index (χ1) is 9.97. The highest BCUT2D eigenvalue weighted by molar-refractivity contribution is 7.09. The molecular formula is C15H22N2O3S. The molecular weight excluding hydrogens is 288 g/mol. The lowest BCUT2D eigenvalue weighted by atomic mass is 9.84. The molecule has 0 saturated heterocycles. The Balaban J connectivity index is 2.29. The molecule has 6 heteroatoms. The number of nitrogens with zero attached hydrogens (tertiary/aromatic N) is 1. The number of esters is 1. The van der Waals surface area contributed by atoms with Gasteiger partial charge in [-0.15, -0.1) is 11.3 Å². The summed E-state index contributed by atoms with van der Waals surface area (Å²) in [4.78, 5) is 33.2. The number of carbonyl (C=O) groups excluding carboxylic acids is 2. The van der Waals surface area contributed by atoms with Crippen LogP contribution in [0.1, 0.15) is 56.0 Å². The Hall–Kier alpha value is -1.43. The van der Waals surface area contributed by atoms with Gasteiger partial charge in [0.15, 0.2) is 10.4 Å². The molecule has 1 fully saturated rings. The van der Waals surface area contributed by atoms with Crippen molar-refractivity contribution in [2.75, 3.05) is 0 Å². The number of amides is 1. The van der Waals surface area contributed by atoms with Crippen molar-refractivity contribution in [1.29, 1.82) is 0 Å². The predicted molar refractivity (Wildman–Crippen MR) is 80.9 cm³/mol. The van der Waals surface area contributed by atoms with Crippen LogP contribution < -0.4 is 4.80 Å². The van der Waals surface area contributed by atoms with E-state index in [0.717, 1.165) is 29.8 Å². The fourth-order valence-corrected chi connectivity index (χ4v) is 3.34. The third-order valence-electron chi connectivity index (χ3n) is 3.92. The number of aromatic nitrogens is 1. The Morgan fingerprint density at radius 3 is 2.48 bits per heavy atom. The summed E-state index contributed by atoms with van der Waals surface area (Å²) in [5, 5.41) is 0. The predicted octanol–water partition coefficient (Wildman–Crippen LogP) is 2.78. The van der Waals surface area contributed by atoms with E-state index in [0.29, 0.717) is 17.6 Å². The molecule has 1 aliphatic carbocycles. The maximum atomic E-state index is 12.6. The molecule has 0 atom stereocenters. The van der Waals surface area contributed by atoms with E-state index < -0.39 is 5.60 Å². The summed E-state index contributed by atoms with van der Waals surface area (Å²) in [5.41, 5.74) is -0.0415. The zero-order chi connectivity index (χ0) is 15.5. The minimum Gasteiger partial charge on any atom is -0.449 e. The summed E-state index contributed by atoms with van der Waals surface area (Å²) in [6.45, 7) is 5.66. The molecule has 1 aromatic rings. The Morgan fingerprint density at radius 1 is 1.29 bits per heavy atom. The van der Waals surface area contributed by atoms with Crippen molar-refractivity contribution in [3.63, 3.8) is 0 Å². The van der Waals surface area contributed by atoms with Crippen LogP contribution in [0.2, 0.25) is 0 Å². The monoisotopic (exact) mass is 310 g/mol. The number of ether oxygens (including phenoxy) is 1. The van der Waals surface area contributed by atoms with Gasteiger partial charge in [-0.3, -0.25) is 9.59 Å². The summed E-state index contributed by atoms with van der Waals surface area (Å²) >= 11 is 1.45. The zero-order valence-electron chi connectivity index (χ0n) is 12.8. The highest BCUT2D eigenvalue weighted by atomic mass is 32.1. The molecule has 0 aliphatic heterocycles. The largest absolute Gasteiger partial charge is 0.449 e. The number of hydrogen-bond acceptors (Lipinski definition) is 4. The Labute approximate surface area is 128 Å². The second-order valence-corrected chi connectivity index (χ2v) is 6.72. The minimum atomic E-state index is -1.05. The van der Waals surface area contributed by atoms with Crippen LogP contribution in [0.3, 0.4) is 0 Å². The summed E-state index contributed by atoms with van der Waals surface area (Å²) in [6.07, 6.45) is 4.28. The van der Waals surface area contributed by atoms with Gasteiger partial charge in [-0.1, -0.05) is 13.3 Å². The summed E-state index contributed by atoms with van der Waals surface area (Å²) in [7, 11) is 0. The smallest absolute Gasteiger partial charge is 0.306 e. The van der Waals surface area contributed by atoms with E-state index >= 15 is 0 Å². The maximum absolute atomic E-state index is 12.6. The van der Waals surface area contributed by atoms with E-state index in [1.165, 1.54) is 11.3 Å². The third-order valence-corrected chi connectivity index (χ3v) is 4.92. The quantitative estimate of drug-likeness (QED) is 0.873. The molecule has 0 unspecified atom stereocenters. The number of H-pyrrole nitrogens is 1. The van der Waals surface area contributed by atoms with Crippen molar-refractivity contribution in [2.24, 2.45) is 4.99 Å². The molecule has 0 aromatic carbocycles. The summed E-state index contributed by atoms with van der Waals surface area (Å²) in [5.74, 6) is -0.663. The van der Waals surface area contributed by atoms with E-state index in [9.17, 15) is 9.59 Å². The maximum Gasteiger partial charge on any atom is 0.306 e. The van der Waals surface area contributed by atoms with Crippen LogP contribution in [0.5, 0.6) is 0 Å². The van der Waals surface area contributed by atoms with Crippen molar-refractivity contribution in [3.05, 3.63) is 15.4 Å². The molecule has 1 saturated carbocycles. The van der Waals surface area contributed by atoms with E-state index in [4.69, 9.17) is 4.74 Å². The van der Waals surface area contributed by atoms with Crippen LogP contribution in [-0.4, -0.2) is 22.5 Å². The molecule has 1 heterocycles. The molecule has 5 nitrogen and oxygen atoms in total. The van der Waals surface area contributed by atoms with Crippen molar-refractivity contribution in [3.8, 4) is 0 Å². The number of thiazole rings is 1. The molecule has 0 spiro atoms. The molecule has 1 aliphatic rings. The van der Waals surface area contributed by atoms with E-state index in [-0.39, 0.29) is 18.3 Å². The summed E-state index contributed by atoms with van der Waals surface area (Å²) in [6, 6.07) is 0. The molecule has 0 bridgehead atoms. The highest BCUT2D eigenvalue weighted by Crippen LogP contribution is 2.33. The van der Waals surface area contributed by atoms with E-state index in [1.807, 2.05) is 13.8 Å². The first kappa shape index (κ1) is 15.9. The minimum absolute atomic E-state index is 0.276. The van der Waals surface area contributed by atoms with Gasteiger partial charge in [-0.2, -0.15) is 4.99 Å². The molecule has 1 aromatic heterocycles. The average molecular weight is 310 g/mol. The van der Waals surface area contributed by atoms with Gasteiger partial charge in [0.1, 0.15) is 0 Å². The second kappa shape index (κ2) is 6.56. The first-order valence-electron chi connectivity index (χ1n) is 7.44. The zero-order valence-corrected chi connectivity index (χ0v) is 13.6. The normalized spacial score (nSPS) is 18.5.